The lowest BCUT2D eigenvalue weighted by molar-refractivity contribution is -0.118. The van der Waals surface area contributed by atoms with Crippen molar-refractivity contribution in [2.24, 2.45) is 0 Å². The van der Waals surface area contributed by atoms with E-state index in [1.807, 2.05) is 18.2 Å². The van der Waals surface area contributed by atoms with Crippen molar-refractivity contribution >= 4 is 17.6 Å². The third kappa shape index (κ3) is 4.16. The molecule has 6 heteroatoms. The van der Waals surface area contributed by atoms with E-state index in [0.29, 0.717) is 13.2 Å². The first-order valence-electron chi connectivity index (χ1n) is 8.19. The van der Waals surface area contributed by atoms with E-state index in [1.165, 1.54) is 22.3 Å². The lowest BCUT2D eigenvalue weighted by Crippen LogP contribution is -2.42. The predicted molar refractivity (Wildman–Crippen MR) is 96.6 cm³/mol. The molecule has 0 aromatic heterocycles. The predicted octanol–water partition coefficient (Wildman–Crippen LogP) is 2.14. The molecule has 0 radical (unpaired) electrons. The summed E-state index contributed by atoms with van der Waals surface area (Å²) in [4.78, 5) is 23.3. The van der Waals surface area contributed by atoms with Gasteiger partial charge < -0.3 is 15.4 Å². The highest BCUT2D eigenvalue weighted by Crippen LogP contribution is 2.37. The average Bonchev–Trinajstić information content (AvgIpc) is 2.98. The number of benzene rings is 2. The first kappa shape index (κ1) is 17.0. The number of fused-ring (bicyclic) bond motifs is 3. The number of methoxy groups -OCH3 is 1. The molecule has 2 aromatic rings. The molecular formula is C19H21N3O3. The van der Waals surface area contributed by atoms with Crippen LogP contribution in [0.3, 0.4) is 0 Å². The molecule has 0 fully saturated rings. The molecule has 0 heterocycles. The molecule has 3 rings (SSSR count). The number of carbonyl (C=O) groups is 2. The van der Waals surface area contributed by atoms with Gasteiger partial charge in [0.2, 0.25) is 5.91 Å². The summed E-state index contributed by atoms with van der Waals surface area (Å²) < 4.78 is 4.82. The van der Waals surface area contributed by atoms with E-state index in [2.05, 4.69) is 40.2 Å². The second-order valence-corrected chi connectivity index (χ2v) is 5.86. The van der Waals surface area contributed by atoms with Gasteiger partial charge in [0.1, 0.15) is 0 Å². The monoisotopic (exact) mass is 339 g/mol. The summed E-state index contributed by atoms with van der Waals surface area (Å²) in [5, 5.41) is 7.86. The number of hydrogen-bond donors (Lipinski definition) is 3. The van der Waals surface area contributed by atoms with Crippen molar-refractivity contribution in [2.45, 2.75) is 6.42 Å². The molecule has 25 heavy (non-hydrogen) atoms. The molecule has 0 aliphatic heterocycles. The lowest BCUT2D eigenvalue weighted by atomic mass is 10.1. The van der Waals surface area contributed by atoms with Gasteiger partial charge in [-0.15, -0.1) is 0 Å². The van der Waals surface area contributed by atoms with Crippen molar-refractivity contribution in [3.63, 3.8) is 0 Å². The van der Waals surface area contributed by atoms with Crippen molar-refractivity contribution in [1.82, 2.24) is 10.6 Å². The number of nitrogens with one attached hydrogen (secondary N) is 3. The van der Waals surface area contributed by atoms with E-state index in [4.69, 9.17) is 4.74 Å². The second-order valence-electron chi connectivity index (χ2n) is 5.86. The Morgan fingerprint density at radius 1 is 1.08 bits per heavy atom. The fourth-order valence-electron chi connectivity index (χ4n) is 2.92. The highest BCUT2D eigenvalue weighted by atomic mass is 16.5. The molecule has 0 unspecified atom stereocenters. The summed E-state index contributed by atoms with van der Waals surface area (Å²) >= 11 is 0. The van der Waals surface area contributed by atoms with Gasteiger partial charge in [0.05, 0.1) is 13.2 Å². The number of anilines is 1. The highest BCUT2D eigenvalue weighted by Gasteiger charge is 2.17. The maximum absolute atomic E-state index is 11.8. The third-order valence-corrected chi connectivity index (χ3v) is 4.09. The van der Waals surface area contributed by atoms with Crippen LogP contribution in [-0.2, 0) is 16.0 Å². The first-order chi connectivity index (χ1) is 12.2. The number of ether oxygens (including phenoxy) is 1. The molecule has 1 aliphatic rings. The zero-order chi connectivity index (χ0) is 17.6. The highest BCUT2D eigenvalue weighted by molar-refractivity contribution is 5.96. The van der Waals surface area contributed by atoms with Crippen LogP contribution in [0.1, 0.15) is 11.1 Å². The first-order valence-corrected chi connectivity index (χ1v) is 8.19. The molecule has 3 amide bonds. The molecule has 0 saturated heterocycles. The minimum Gasteiger partial charge on any atom is -0.383 e. The van der Waals surface area contributed by atoms with Gasteiger partial charge >= 0.3 is 6.03 Å². The quantitative estimate of drug-likeness (QED) is 0.601. The maximum Gasteiger partial charge on any atom is 0.321 e. The molecular weight excluding hydrogens is 318 g/mol. The summed E-state index contributed by atoms with van der Waals surface area (Å²) in [6.45, 7) is 0.787. The Balaban J connectivity index is 1.52. The van der Waals surface area contributed by atoms with Crippen LogP contribution in [0.25, 0.3) is 11.1 Å². The van der Waals surface area contributed by atoms with Crippen LogP contribution in [0, 0.1) is 0 Å². The molecule has 3 N–H and O–H groups in total. The van der Waals surface area contributed by atoms with Gasteiger partial charge in [-0.25, -0.2) is 4.79 Å². The summed E-state index contributed by atoms with van der Waals surface area (Å²) in [6.07, 6.45) is 0.898. The van der Waals surface area contributed by atoms with Crippen LogP contribution in [0.15, 0.2) is 42.5 Å². The lowest BCUT2D eigenvalue weighted by Gasteiger charge is -2.09. The van der Waals surface area contributed by atoms with Crippen molar-refractivity contribution in [2.75, 3.05) is 32.1 Å². The van der Waals surface area contributed by atoms with Gasteiger partial charge in [-0.1, -0.05) is 30.3 Å². The number of imide groups is 1. The summed E-state index contributed by atoms with van der Waals surface area (Å²) in [5.41, 5.74) is 5.93. The van der Waals surface area contributed by atoms with E-state index >= 15 is 0 Å². The number of hydrogen-bond acceptors (Lipinski definition) is 4. The number of amides is 3. The van der Waals surface area contributed by atoms with Crippen LogP contribution >= 0.6 is 0 Å². The Hall–Kier alpha value is -2.86. The molecule has 130 valence electrons. The molecule has 2 aromatic carbocycles. The fraction of sp³-hybridized carbons (Fsp3) is 0.263. The van der Waals surface area contributed by atoms with E-state index < -0.39 is 11.9 Å². The Bertz CT molecular complexity index is 789. The van der Waals surface area contributed by atoms with Crippen LogP contribution in [0.4, 0.5) is 10.5 Å². The number of urea groups is 1. The van der Waals surface area contributed by atoms with E-state index in [9.17, 15) is 9.59 Å². The van der Waals surface area contributed by atoms with Crippen LogP contribution in [0.2, 0.25) is 0 Å². The van der Waals surface area contributed by atoms with Gasteiger partial charge in [0.15, 0.2) is 0 Å². The van der Waals surface area contributed by atoms with Crippen molar-refractivity contribution < 1.29 is 14.3 Å². The number of carbonyl (C=O) groups excluding carboxylic acids is 2. The topological polar surface area (TPSA) is 79.5 Å². The van der Waals surface area contributed by atoms with Crippen LogP contribution in [0.5, 0.6) is 0 Å². The zero-order valence-electron chi connectivity index (χ0n) is 14.1. The SMILES string of the molecule is COCCNC(=O)NC(=O)CNc1ccc2c(c1)Cc1ccccc1-2. The van der Waals surface area contributed by atoms with Crippen LogP contribution < -0.4 is 16.0 Å². The third-order valence-electron chi connectivity index (χ3n) is 4.09. The van der Waals surface area contributed by atoms with Gasteiger partial charge in [0, 0.05) is 19.3 Å². The Morgan fingerprint density at radius 3 is 2.72 bits per heavy atom. The van der Waals surface area contributed by atoms with E-state index in [0.717, 1.165) is 12.1 Å². The molecule has 6 nitrogen and oxygen atoms in total. The normalized spacial score (nSPS) is 11.4. The van der Waals surface area contributed by atoms with Crippen LogP contribution in [-0.4, -0.2) is 38.7 Å². The molecule has 0 atom stereocenters. The average molecular weight is 339 g/mol. The minimum absolute atomic E-state index is 0.0312. The molecule has 0 bridgehead atoms. The summed E-state index contributed by atoms with van der Waals surface area (Å²) in [6, 6.07) is 13.9. The smallest absolute Gasteiger partial charge is 0.321 e. The zero-order valence-corrected chi connectivity index (χ0v) is 14.1. The van der Waals surface area contributed by atoms with Gasteiger partial charge in [-0.3, -0.25) is 10.1 Å². The van der Waals surface area contributed by atoms with Crippen molar-refractivity contribution in [3.8, 4) is 11.1 Å². The fourth-order valence-corrected chi connectivity index (χ4v) is 2.92. The molecule has 0 saturated carbocycles. The summed E-state index contributed by atoms with van der Waals surface area (Å²) in [7, 11) is 1.55. The number of rotatable bonds is 6. The van der Waals surface area contributed by atoms with Gasteiger partial charge in [-0.2, -0.15) is 0 Å². The molecule has 0 spiro atoms. The van der Waals surface area contributed by atoms with Crippen molar-refractivity contribution in [1.29, 1.82) is 0 Å². The molecule has 1 aliphatic carbocycles. The van der Waals surface area contributed by atoms with Gasteiger partial charge in [0.25, 0.3) is 0 Å². The second kappa shape index (κ2) is 7.81. The standard InChI is InChI=1S/C19H21N3O3/c1-25-9-8-20-19(24)22-18(23)12-21-15-6-7-17-14(11-15)10-13-4-2-3-5-16(13)17/h2-7,11,21H,8-10,12H2,1H3,(H2,20,22,23,24). The van der Waals surface area contributed by atoms with E-state index in [-0.39, 0.29) is 6.54 Å². The minimum atomic E-state index is -0.520. The maximum atomic E-state index is 11.8. The van der Waals surface area contributed by atoms with E-state index in [1.54, 1.807) is 7.11 Å². The summed E-state index contributed by atoms with van der Waals surface area (Å²) in [5.74, 6) is -0.390. The Kier molecular flexibility index (Phi) is 5.30. The Labute approximate surface area is 146 Å². The van der Waals surface area contributed by atoms with Gasteiger partial charge in [-0.05, 0) is 40.8 Å². The Morgan fingerprint density at radius 2 is 1.88 bits per heavy atom. The van der Waals surface area contributed by atoms with Crippen molar-refractivity contribution in [3.05, 3.63) is 53.6 Å². The largest absolute Gasteiger partial charge is 0.383 e.